The van der Waals surface area contributed by atoms with Crippen molar-refractivity contribution in [3.05, 3.63) is 66.5 Å². The number of aromatic nitrogens is 2. The summed E-state index contributed by atoms with van der Waals surface area (Å²) in [5.41, 5.74) is 1.56. The molecule has 0 radical (unpaired) electrons. The van der Waals surface area contributed by atoms with Gasteiger partial charge < -0.3 is 5.11 Å². The molecular weight excluding hydrogens is 284 g/mol. The maximum Gasteiger partial charge on any atom is 0.321 e. The molecule has 0 unspecified atom stereocenters. The highest BCUT2D eigenvalue weighted by Crippen LogP contribution is 2.37. The van der Waals surface area contributed by atoms with Crippen LogP contribution in [-0.2, 0) is 4.79 Å². The third-order valence-electron chi connectivity index (χ3n) is 3.06. The molecule has 0 amide bonds. The molecule has 21 heavy (non-hydrogen) atoms. The number of carboxylic acids is 1. The fourth-order valence-corrected chi connectivity index (χ4v) is 3.10. The van der Waals surface area contributed by atoms with Crippen LogP contribution in [0.25, 0.3) is 10.9 Å². The molecular formula is C16H12N2O2S. The predicted octanol–water partition coefficient (Wildman–Crippen LogP) is 3.55. The maximum atomic E-state index is 11.6. The first-order chi connectivity index (χ1) is 10.3. The quantitative estimate of drug-likeness (QED) is 0.589. The standard InChI is InChI=1S/C16H12N2O2S/c19-16(20)14(11-6-2-1-3-7-11)21-15-12-8-4-5-9-13(12)17-10-18-15/h1-10,14H,(H,19,20)/t14-/m1/s1. The van der Waals surface area contributed by atoms with Crippen molar-refractivity contribution in [1.82, 2.24) is 9.97 Å². The summed E-state index contributed by atoms with van der Waals surface area (Å²) in [5.74, 6) is -0.881. The zero-order valence-electron chi connectivity index (χ0n) is 11.0. The molecule has 1 aromatic heterocycles. The molecule has 1 heterocycles. The smallest absolute Gasteiger partial charge is 0.321 e. The van der Waals surface area contributed by atoms with Gasteiger partial charge in [0.1, 0.15) is 16.6 Å². The SMILES string of the molecule is O=C(O)[C@H](Sc1ncnc2ccccc12)c1ccccc1. The number of hydrogen-bond acceptors (Lipinski definition) is 4. The lowest BCUT2D eigenvalue weighted by molar-refractivity contribution is -0.136. The largest absolute Gasteiger partial charge is 0.480 e. The van der Waals surface area contributed by atoms with E-state index in [0.29, 0.717) is 5.03 Å². The Hall–Kier alpha value is -2.40. The summed E-state index contributed by atoms with van der Waals surface area (Å²) in [6.07, 6.45) is 1.47. The highest BCUT2D eigenvalue weighted by molar-refractivity contribution is 8.00. The number of aliphatic carboxylic acids is 1. The highest BCUT2D eigenvalue weighted by Gasteiger charge is 2.22. The van der Waals surface area contributed by atoms with Crippen LogP contribution >= 0.6 is 11.8 Å². The number of hydrogen-bond donors (Lipinski definition) is 1. The van der Waals surface area contributed by atoms with E-state index in [-0.39, 0.29) is 0 Å². The van der Waals surface area contributed by atoms with Gasteiger partial charge in [0.2, 0.25) is 0 Å². The number of fused-ring (bicyclic) bond motifs is 1. The van der Waals surface area contributed by atoms with Gasteiger partial charge in [-0.3, -0.25) is 4.79 Å². The fraction of sp³-hybridized carbons (Fsp3) is 0.0625. The molecule has 5 heteroatoms. The summed E-state index contributed by atoms with van der Waals surface area (Å²) in [6, 6.07) is 16.8. The Morgan fingerprint density at radius 2 is 1.71 bits per heavy atom. The van der Waals surface area contributed by atoms with Crippen LogP contribution in [0.15, 0.2) is 66.0 Å². The van der Waals surface area contributed by atoms with E-state index in [1.165, 1.54) is 18.1 Å². The lowest BCUT2D eigenvalue weighted by atomic mass is 10.1. The van der Waals surface area contributed by atoms with Gasteiger partial charge in [0.15, 0.2) is 0 Å². The number of nitrogens with zero attached hydrogens (tertiary/aromatic N) is 2. The van der Waals surface area contributed by atoms with Gasteiger partial charge in [0.25, 0.3) is 0 Å². The second-order valence-electron chi connectivity index (χ2n) is 4.44. The first-order valence-electron chi connectivity index (χ1n) is 6.40. The van der Waals surface area contributed by atoms with Gasteiger partial charge in [-0.25, -0.2) is 9.97 Å². The Balaban J connectivity index is 2.01. The van der Waals surface area contributed by atoms with Crippen molar-refractivity contribution in [2.45, 2.75) is 10.3 Å². The third kappa shape index (κ3) is 2.87. The molecule has 2 aromatic carbocycles. The van der Waals surface area contributed by atoms with Crippen LogP contribution in [0.4, 0.5) is 0 Å². The van der Waals surface area contributed by atoms with E-state index in [4.69, 9.17) is 0 Å². The zero-order chi connectivity index (χ0) is 14.7. The number of carbonyl (C=O) groups is 1. The van der Waals surface area contributed by atoms with E-state index in [0.717, 1.165) is 16.5 Å². The summed E-state index contributed by atoms with van der Waals surface area (Å²) in [5, 5.41) is 10.4. The van der Waals surface area contributed by atoms with Crippen LogP contribution in [0.5, 0.6) is 0 Å². The first kappa shape index (κ1) is 13.6. The van der Waals surface area contributed by atoms with E-state index < -0.39 is 11.2 Å². The molecule has 0 saturated heterocycles. The zero-order valence-corrected chi connectivity index (χ0v) is 11.8. The summed E-state index contributed by atoms with van der Waals surface area (Å²) in [6.45, 7) is 0. The molecule has 0 aliphatic heterocycles. The Kier molecular flexibility index (Phi) is 3.83. The molecule has 1 atom stereocenters. The Bertz CT molecular complexity index is 772. The summed E-state index contributed by atoms with van der Waals surface area (Å²) >= 11 is 1.23. The number of para-hydroxylation sites is 1. The molecule has 0 fully saturated rings. The van der Waals surface area contributed by atoms with E-state index in [9.17, 15) is 9.90 Å². The minimum atomic E-state index is -0.881. The third-order valence-corrected chi connectivity index (χ3v) is 4.32. The average Bonchev–Trinajstić information content (AvgIpc) is 2.53. The van der Waals surface area contributed by atoms with Gasteiger partial charge in [0, 0.05) is 5.39 Å². The van der Waals surface area contributed by atoms with Gasteiger partial charge in [-0.1, -0.05) is 60.3 Å². The van der Waals surface area contributed by atoms with Crippen molar-refractivity contribution >= 4 is 28.6 Å². The molecule has 0 spiro atoms. The normalized spacial score (nSPS) is 12.2. The molecule has 0 aliphatic carbocycles. The molecule has 0 bridgehead atoms. The van der Waals surface area contributed by atoms with E-state index in [1.54, 1.807) is 0 Å². The monoisotopic (exact) mass is 296 g/mol. The second kappa shape index (κ2) is 5.93. The second-order valence-corrected chi connectivity index (χ2v) is 5.54. The molecule has 3 rings (SSSR count). The number of benzene rings is 2. The number of carboxylic acid groups (broad SMARTS) is 1. The molecule has 104 valence electrons. The minimum absolute atomic E-state index is 0.678. The van der Waals surface area contributed by atoms with E-state index in [1.807, 2.05) is 54.6 Å². The average molecular weight is 296 g/mol. The Morgan fingerprint density at radius 1 is 1.00 bits per heavy atom. The van der Waals surface area contributed by atoms with Crippen LogP contribution in [0.3, 0.4) is 0 Å². The topological polar surface area (TPSA) is 63.1 Å². The van der Waals surface area contributed by atoms with E-state index >= 15 is 0 Å². The molecule has 0 aliphatic rings. The number of thioether (sulfide) groups is 1. The lowest BCUT2D eigenvalue weighted by Crippen LogP contribution is -2.08. The van der Waals surface area contributed by atoms with Crippen molar-refractivity contribution in [2.24, 2.45) is 0 Å². The Morgan fingerprint density at radius 3 is 2.48 bits per heavy atom. The Labute approximate surface area is 125 Å². The van der Waals surface area contributed by atoms with Crippen LogP contribution in [-0.4, -0.2) is 21.0 Å². The molecule has 0 saturated carbocycles. The summed E-state index contributed by atoms with van der Waals surface area (Å²) < 4.78 is 0. The molecule has 1 N–H and O–H groups in total. The minimum Gasteiger partial charge on any atom is -0.480 e. The van der Waals surface area contributed by atoms with Crippen molar-refractivity contribution in [3.8, 4) is 0 Å². The van der Waals surface area contributed by atoms with Crippen LogP contribution in [0.1, 0.15) is 10.8 Å². The van der Waals surface area contributed by atoms with Gasteiger partial charge in [-0.05, 0) is 11.6 Å². The van der Waals surface area contributed by atoms with Crippen LogP contribution < -0.4 is 0 Å². The van der Waals surface area contributed by atoms with Gasteiger partial charge >= 0.3 is 5.97 Å². The van der Waals surface area contributed by atoms with Crippen molar-refractivity contribution in [2.75, 3.05) is 0 Å². The van der Waals surface area contributed by atoms with E-state index in [2.05, 4.69) is 9.97 Å². The van der Waals surface area contributed by atoms with Crippen LogP contribution in [0.2, 0.25) is 0 Å². The van der Waals surface area contributed by atoms with Gasteiger partial charge in [-0.2, -0.15) is 0 Å². The summed E-state index contributed by atoms with van der Waals surface area (Å²) in [4.78, 5) is 20.0. The summed E-state index contributed by atoms with van der Waals surface area (Å²) in [7, 11) is 0. The van der Waals surface area contributed by atoms with Crippen LogP contribution in [0, 0.1) is 0 Å². The number of rotatable bonds is 4. The first-order valence-corrected chi connectivity index (χ1v) is 7.28. The van der Waals surface area contributed by atoms with Crippen molar-refractivity contribution in [3.63, 3.8) is 0 Å². The molecule has 3 aromatic rings. The predicted molar refractivity (Wildman–Crippen MR) is 82.2 cm³/mol. The van der Waals surface area contributed by atoms with Crippen molar-refractivity contribution in [1.29, 1.82) is 0 Å². The van der Waals surface area contributed by atoms with Crippen molar-refractivity contribution < 1.29 is 9.90 Å². The van der Waals surface area contributed by atoms with Gasteiger partial charge in [0.05, 0.1) is 5.52 Å². The maximum absolute atomic E-state index is 11.6. The molecule has 4 nitrogen and oxygen atoms in total. The van der Waals surface area contributed by atoms with Gasteiger partial charge in [-0.15, -0.1) is 0 Å². The fourth-order valence-electron chi connectivity index (χ4n) is 2.07. The highest BCUT2D eigenvalue weighted by atomic mass is 32.2. The lowest BCUT2D eigenvalue weighted by Gasteiger charge is -2.12.